The standard InChI is InChI=1S/C37H43NO4Si/c1-7-17-28(3)33(39)27-30(20-16-26-38)41-36(40)35-29(18-8-2)19-15-25-34(35)42-43(37(4,5)6,31-21-11-9-12-22-31)32-23-13-10-14-24-32/h7-16,19-25,28,30,33,39H,1-2,17-18,27H2,3-6H3/b20-16-/t28-,30-,33+/m1/s1. The number of aliphatic hydroxyl groups is 1. The molecule has 0 saturated carbocycles. The van der Waals surface area contributed by atoms with Crippen LogP contribution in [0.4, 0.5) is 0 Å². The van der Waals surface area contributed by atoms with Crippen LogP contribution in [0.15, 0.2) is 116 Å². The lowest BCUT2D eigenvalue weighted by Gasteiger charge is -2.43. The average molecular weight is 594 g/mol. The molecule has 0 spiro atoms. The molecule has 0 amide bonds. The summed E-state index contributed by atoms with van der Waals surface area (Å²) in [4.78, 5) is 14.1. The smallest absolute Gasteiger partial charge is 0.342 e. The van der Waals surface area contributed by atoms with E-state index in [9.17, 15) is 15.2 Å². The van der Waals surface area contributed by atoms with Gasteiger partial charge in [0.25, 0.3) is 0 Å². The van der Waals surface area contributed by atoms with E-state index >= 15 is 0 Å². The molecule has 6 heteroatoms. The second-order valence-electron chi connectivity index (χ2n) is 11.8. The van der Waals surface area contributed by atoms with Crippen molar-refractivity contribution < 1.29 is 19.1 Å². The monoisotopic (exact) mass is 593 g/mol. The molecule has 3 aromatic rings. The summed E-state index contributed by atoms with van der Waals surface area (Å²) < 4.78 is 13.3. The Balaban J connectivity index is 2.17. The van der Waals surface area contributed by atoms with Crippen molar-refractivity contribution >= 4 is 24.7 Å². The maximum Gasteiger partial charge on any atom is 0.342 e. The number of hydrogen-bond acceptors (Lipinski definition) is 5. The van der Waals surface area contributed by atoms with E-state index in [4.69, 9.17) is 9.16 Å². The molecule has 0 aliphatic rings. The topological polar surface area (TPSA) is 79.5 Å². The van der Waals surface area contributed by atoms with Gasteiger partial charge in [-0.05, 0) is 51.9 Å². The van der Waals surface area contributed by atoms with Crippen LogP contribution in [0.5, 0.6) is 5.75 Å². The third-order valence-corrected chi connectivity index (χ3v) is 12.6. The lowest BCUT2D eigenvalue weighted by atomic mass is 9.96. The zero-order valence-corrected chi connectivity index (χ0v) is 26.7. The molecule has 0 unspecified atom stereocenters. The molecule has 0 saturated heterocycles. The molecule has 43 heavy (non-hydrogen) atoms. The van der Waals surface area contributed by atoms with Crippen molar-refractivity contribution in [2.24, 2.45) is 5.92 Å². The second-order valence-corrected chi connectivity index (χ2v) is 16.0. The minimum atomic E-state index is -3.06. The molecule has 0 fully saturated rings. The molecule has 5 nitrogen and oxygen atoms in total. The SMILES string of the molecule is C=CCc1cccc(O[Si](c2ccccc2)(c2ccccc2)C(C)(C)C)c1C(=O)O[C@H](/C=C\C#N)C[C@H](O)[C@H](C)CC=C. The van der Waals surface area contributed by atoms with Gasteiger partial charge in [0.15, 0.2) is 0 Å². The summed E-state index contributed by atoms with van der Waals surface area (Å²) in [6.45, 7) is 16.1. The van der Waals surface area contributed by atoms with Gasteiger partial charge in [-0.1, -0.05) is 113 Å². The van der Waals surface area contributed by atoms with Crippen molar-refractivity contribution in [2.75, 3.05) is 0 Å². The number of carbonyl (C=O) groups excluding carboxylic acids is 1. The van der Waals surface area contributed by atoms with Gasteiger partial charge in [-0.2, -0.15) is 5.26 Å². The van der Waals surface area contributed by atoms with Gasteiger partial charge >= 0.3 is 14.3 Å². The quantitative estimate of drug-likeness (QED) is 0.0950. The Morgan fingerprint density at radius 2 is 1.58 bits per heavy atom. The lowest BCUT2D eigenvalue weighted by molar-refractivity contribution is 0.0192. The fourth-order valence-electron chi connectivity index (χ4n) is 5.44. The first-order valence-electron chi connectivity index (χ1n) is 14.7. The van der Waals surface area contributed by atoms with Crippen LogP contribution in [0.1, 0.15) is 56.5 Å². The molecule has 0 radical (unpaired) electrons. The van der Waals surface area contributed by atoms with Crippen molar-refractivity contribution in [3.05, 3.63) is 127 Å². The van der Waals surface area contributed by atoms with Crippen molar-refractivity contribution in [1.29, 1.82) is 5.26 Å². The summed E-state index contributed by atoms with van der Waals surface area (Å²) >= 11 is 0. The fraction of sp³-hybridized carbons (Fsp3) is 0.297. The molecule has 0 aliphatic carbocycles. The number of allylic oxidation sites excluding steroid dienone is 3. The molecule has 1 N–H and O–H groups in total. The van der Waals surface area contributed by atoms with Crippen LogP contribution in [-0.4, -0.2) is 31.6 Å². The molecule has 0 heterocycles. The van der Waals surface area contributed by atoms with E-state index in [0.717, 1.165) is 15.9 Å². The highest BCUT2D eigenvalue weighted by Crippen LogP contribution is 2.39. The minimum absolute atomic E-state index is 0.0868. The van der Waals surface area contributed by atoms with Crippen LogP contribution in [0, 0.1) is 17.2 Å². The molecular formula is C37H43NO4Si. The highest BCUT2D eigenvalue weighted by atomic mass is 28.4. The van der Waals surface area contributed by atoms with Gasteiger partial charge in [0.2, 0.25) is 0 Å². The van der Waals surface area contributed by atoms with Gasteiger partial charge in [-0.15, -0.1) is 13.2 Å². The molecule has 3 atom stereocenters. The molecular weight excluding hydrogens is 550 g/mol. The van der Waals surface area contributed by atoms with Gasteiger partial charge in [0.05, 0.1) is 12.2 Å². The number of benzene rings is 3. The highest BCUT2D eigenvalue weighted by molar-refractivity contribution is 7.00. The lowest BCUT2D eigenvalue weighted by Crippen LogP contribution is -2.69. The Morgan fingerprint density at radius 3 is 2.09 bits per heavy atom. The summed E-state index contributed by atoms with van der Waals surface area (Å²) in [6.07, 6.45) is 5.91. The average Bonchev–Trinajstić information content (AvgIpc) is 2.99. The number of ether oxygens (including phenoxy) is 1. The third-order valence-electron chi connectivity index (χ3n) is 7.67. The Morgan fingerprint density at radius 1 is 0.977 bits per heavy atom. The van der Waals surface area contributed by atoms with Gasteiger partial charge < -0.3 is 14.3 Å². The maximum absolute atomic E-state index is 14.1. The first-order valence-corrected chi connectivity index (χ1v) is 16.6. The summed E-state index contributed by atoms with van der Waals surface area (Å²) in [7, 11) is -3.06. The third kappa shape index (κ3) is 8.01. The number of rotatable bonds is 14. The summed E-state index contributed by atoms with van der Waals surface area (Å²) in [5.74, 6) is -0.236. The largest absolute Gasteiger partial charge is 0.533 e. The van der Waals surface area contributed by atoms with Gasteiger partial charge in [0, 0.05) is 12.5 Å². The van der Waals surface area contributed by atoms with Crippen LogP contribution >= 0.6 is 0 Å². The first-order chi connectivity index (χ1) is 20.6. The second kappa shape index (κ2) is 15.3. The van der Waals surface area contributed by atoms with Crippen molar-refractivity contribution in [1.82, 2.24) is 0 Å². The highest BCUT2D eigenvalue weighted by Gasteiger charge is 2.52. The maximum atomic E-state index is 14.1. The van der Waals surface area contributed by atoms with Crippen molar-refractivity contribution in [3.63, 3.8) is 0 Å². The molecule has 0 aliphatic heterocycles. The van der Waals surface area contributed by atoms with E-state index < -0.39 is 26.5 Å². The summed E-state index contributed by atoms with van der Waals surface area (Å²) in [5, 5.41) is 21.8. The predicted octanol–water partition coefficient (Wildman–Crippen LogP) is 6.92. The summed E-state index contributed by atoms with van der Waals surface area (Å²) in [5.41, 5.74) is 1.04. The molecule has 0 bridgehead atoms. The van der Waals surface area contributed by atoms with E-state index in [-0.39, 0.29) is 17.4 Å². The van der Waals surface area contributed by atoms with Crippen LogP contribution in [0.3, 0.4) is 0 Å². The Bertz CT molecular complexity index is 1400. The fourth-order valence-corrected chi connectivity index (χ4v) is 9.87. The normalized spacial score (nSPS) is 13.9. The number of nitriles is 1. The number of nitrogens with zero attached hydrogens (tertiary/aromatic N) is 1. The van der Waals surface area contributed by atoms with Crippen LogP contribution < -0.4 is 14.8 Å². The van der Waals surface area contributed by atoms with Crippen LogP contribution in [0.25, 0.3) is 0 Å². The van der Waals surface area contributed by atoms with E-state index in [1.807, 2.05) is 67.6 Å². The predicted molar refractivity (Wildman–Crippen MR) is 177 cm³/mol. The zero-order valence-electron chi connectivity index (χ0n) is 25.7. The summed E-state index contributed by atoms with van der Waals surface area (Å²) in [6, 6.07) is 28.0. The molecule has 0 aromatic heterocycles. The van der Waals surface area contributed by atoms with Gasteiger partial charge in [-0.3, -0.25) is 0 Å². The first kappa shape index (κ1) is 33.3. The van der Waals surface area contributed by atoms with Crippen LogP contribution in [-0.2, 0) is 11.2 Å². The zero-order chi connectivity index (χ0) is 31.5. The number of carbonyl (C=O) groups is 1. The molecule has 3 aromatic carbocycles. The number of aliphatic hydroxyl groups excluding tert-OH is 1. The van der Waals surface area contributed by atoms with E-state index in [0.29, 0.717) is 24.2 Å². The van der Waals surface area contributed by atoms with Crippen molar-refractivity contribution in [2.45, 2.75) is 64.2 Å². The Kier molecular flexibility index (Phi) is 11.9. The molecule has 224 valence electrons. The van der Waals surface area contributed by atoms with Gasteiger partial charge in [-0.25, -0.2) is 4.79 Å². The van der Waals surface area contributed by atoms with E-state index in [2.05, 4.69) is 58.2 Å². The van der Waals surface area contributed by atoms with Crippen molar-refractivity contribution in [3.8, 4) is 11.8 Å². The number of esters is 1. The van der Waals surface area contributed by atoms with E-state index in [1.165, 1.54) is 12.2 Å². The Labute approximate surface area is 257 Å². The molecule has 3 rings (SSSR count). The minimum Gasteiger partial charge on any atom is -0.533 e. The van der Waals surface area contributed by atoms with E-state index in [1.54, 1.807) is 12.2 Å². The Hall–Kier alpha value is -4.18. The van der Waals surface area contributed by atoms with Crippen LogP contribution in [0.2, 0.25) is 5.04 Å². The number of hydrogen-bond donors (Lipinski definition) is 1. The van der Waals surface area contributed by atoms with Gasteiger partial charge in [0.1, 0.15) is 17.4 Å².